The second kappa shape index (κ2) is 7.41. The third-order valence-electron chi connectivity index (χ3n) is 4.34. The highest BCUT2D eigenvalue weighted by atomic mass is 35.5. The molecule has 2 aliphatic rings. The molecule has 2 amide bonds. The topological polar surface area (TPSA) is 80.2 Å². The maximum absolute atomic E-state index is 12.4. The van der Waals surface area contributed by atoms with Crippen LogP contribution in [0.5, 0.6) is 0 Å². The van der Waals surface area contributed by atoms with Crippen LogP contribution in [0.3, 0.4) is 0 Å². The van der Waals surface area contributed by atoms with Crippen LogP contribution in [0.15, 0.2) is 29.4 Å². The molecule has 0 aromatic heterocycles. The predicted octanol–water partition coefficient (Wildman–Crippen LogP) is 2.06. The molecule has 1 fully saturated rings. The molecule has 2 aliphatic heterocycles. The van der Waals surface area contributed by atoms with Crippen molar-refractivity contribution < 1.29 is 19.2 Å². The van der Waals surface area contributed by atoms with Crippen LogP contribution in [-0.2, 0) is 19.2 Å². The molecule has 8 heteroatoms. The van der Waals surface area contributed by atoms with Crippen LogP contribution in [0, 0.1) is 0 Å². The fourth-order valence-corrected chi connectivity index (χ4v) is 3.35. The lowest BCUT2D eigenvalue weighted by molar-refractivity contribution is -0.144. The first-order chi connectivity index (χ1) is 12.0. The van der Waals surface area contributed by atoms with Crippen LogP contribution in [0.1, 0.15) is 19.3 Å². The molecule has 1 N–H and O–H groups in total. The second-order valence-electron chi connectivity index (χ2n) is 6.31. The number of rotatable bonds is 4. The van der Waals surface area contributed by atoms with Gasteiger partial charge in [-0.3, -0.25) is 9.59 Å². The van der Waals surface area contributed by atoms with E-state index < -0.39 is 5.60 Å². The molecule has 1 aromatic rings. The molecule has 7 nitrogen and oxygen atoms in total. The minimum Gasteiger partial charge on any atom is -0.386 e. The highest BCUT2D eigenvalue weighted by molar-refractivity contribution is 6.43. The monoisotopic (exact) mass is 365 g/mol. The van der Waals surface area contributed by atoms with Crippen molar-refractivity contribution in [3.8, 4) is 0 Å². The predicted molar refractivity (Wildman–Crippen MR) is 93.6 cm³/mol. The fraction of sp³-hybridized carbons (Fsp3) is 0.471. The van der Waals surface area contributed by atoms with Crippen molar-refractivity contribution in [2.24, 2.45) is 5.16 Å². The van der Waals surface area contributed by atoms with E-state index in [1.54, 1.807) is 29.2 Å². The number of halogens is 1. The number of piperidine rings is 1. The first-order valence-corrected chi connectivity index (χ1v) is 8.48. The van der Waals surface area contributed by atoms with Gasteiger partial charge >= 0.3 is 0 Å². The summed E-state index contributed by atoms with van der Waals surface area (Å²) in [5.74, 6) is -0.401. The second-order valence-corrected chi connectivity index (χ2v) is 6.74. The van der Waals surface area contributed by atoms with E-state index in [4.69, 9.17) is 21.2 Å². The van der Waals surface area contributed by atoms with E-state index in [9.17, 15) is 9.59 Å². The summed E-state index contributed by atoms with van der Waals surface area (Å²) in [5.41, 5.74) is 0.297. The van der Waals surface area contributed by atoms with Crippen LogP contribution >= 0.6 is 11.6 Å². The van der Waals surface area contributed by atoms with Crippen LogP contribution in [0.2, 0.25) is 5.02 Å². The number of oxime groups is 1. The van der Waals surface area contributed by atoms with Gasteiger partial charge in [-0.15, -0.1) is 0 Å². The summed E-state index contributed by atoms with van der Waals surface area (Å²) in [5, 5.41) is 7.28. The van der Waals surface area contributed by atoms with Gasteiger partial charge in [0.1, 0.15) is 12.3 Å². The summed E-state index contributed by atoms with van der Waals surface area (Å²) in [4.78, 5) is 31.8. The number of carbonyl (C=O) groups is 2. The van der Waals surface area contributed by atoms with Gasteiger partial charge in [-0.05, 0) is 31.0 Å². The Morgan fingerprint density at radius 1 is 1.48 bits per heavy atom. The summed E-state index contributed by atoms with van der Waals surface area (Å²) in [6.45, 7) is 1.11. The molecule has 2 heterocycles. The number of likely N-dealkylation sites (tertiary alicyclic amines) is 1. The summed E-state index contributed by atoms with van der Waals surface area (Å²) < 4.78 is 4.91. The zero-order valence-corrected chi connectivity index (χ0v) is 14.7. The average molecular weight is 366 g/mol. The molecule has 1 aromatic carbocycles. The summed E-state index contributed by atoms with van der Waals surface area (Å²) in [7, 11) is 1.49. The lowest BCUT2D eigenvalue weighted by atomic mass is 9.88. The minimum atomic E-state index is -0.622. The third kappa shape index (κ3) is 4.11. The summed E-state index contributed by atoms with van der Waals surface area (Å²) in [6, 6.07) is 6.90. The molecule has 1 atom stereocenters. The molecule has 3 rings (SSSR count). The molecule has 134 valence electrons. The van der Waals surface area contributed by atoms with Crippen molar-refractivity contribution in [3.63, 3.8) is 0 Å². The molecular formula is C17H20ClN3O4. The Labute approximate surface area is 150 Å². The number of nitrogens with one attached hydrogen (secondary N) is 1. The quantitative estimate of drug-likeness (QED) is 0.885. The molecule has 1 unspecified atom stereocenters. The Morgan fingerprint density at radius 3 is 3.08 bits per heavy atom. The van der Waals surface area contributed by atoms with Crippen LogP contribution < -0.4 is 5.32 Å². The smallest absolute Gasteiger partial charge is 0.273 e. The number of anilines is 1. The lowest BCUT2D eigenvalue weighted by Gasteiger charge is -2.38. The molecule has 25 heavy (non-hydrogen) atoms. The number of ether oxygens (including phenoxy) is 1. The Bertz CT molecular complexity index is 709. The normalized spacial score (nSPS) is 22.5. The first kappa shape index (κ1) is 17.7. The van der Waals surface area contributed by atoms with Crippen molar-refractivity contribution >= 4 is 34.8 Å². The molecule has 1 saturated heterocycles. The molecule has 0 radical (unpaired) electrons. The average Bonchev–Trinajstić information content (AvgIpc) is 2.98. The van der Waals surface area contributed by atoms with E-state index in [-0.39, 0.29) is 18.4 Å². The third-order valence-corrected chi connectivity index (χ3v) is 4.58. The van der Waals surface area contributed by atoms with E-state index in [1.807, 2.05) is 0 Å². The number of benzene rings is 1. The SMILES string of the molecule is COCC(=O)N1CCCC2(CC(C(=O)Nc3cccc(Cl)c3)=NO2)C1. The standard InChI is InChI=1S/C17H20ClN3O4/c1-24-10-15(22)21-7-3-6-17(11-21)9-14(20-25-17)16(23)19-13-5-2-4-12(18)8-13/h2,4-5,8H,3,6-7,9-11H2,1H3,(H,19,23). The minimum absolute atomic E-state index is 0.0407. The number of hydrogen-bond donors (Lipinski definition) is 1. The number of nitrogens with zero attached hydrogens (tertiary/aromatic N) is 2. The van der Waals surface area contributed by atoms with Gasteiger partial charge in [0.25, 0.3) is 5.91 Å². The van der Waals surface area contributed by atoms with E-state index in [1.165, 1.54) is 7.11 Å². The first-order valence-electron chi connectivity index (χ1n) is 8.10. The molecular weight excluding hydrogens is 346 g/mol. The van der Waals surface area contributed by atoms with Crippen LogP contribution in [0.4, 0.5) is 5.69 Å². The van der Waals surface area contributed by atoms with Crippen molar-refractivity contribution in [1.29, 1.82) is 0 Å². The van der Waals surface area contributed by atoms with E-state index in [2.05, 4.69) is 10.5 Å². The largest absolute Gasteiger partial charge is 0.386 e. The summed E-state index contributed by atoms with van der Waals surface area (Å²) >= 11 is 5.92. The zero-order valence-electron chi connectivity index (χ0n) is 14.0. The van der Waals surface area contributed by atoms with Gasteiger partial charge in [0.15, 0.2) is 5.60 Å². The van der Waals surface area contributed by atoms with Crippen molar-refractivity contribution in [2.45, 2.75) is 24.9 Å². The summed E-state index contributed by atoms with van der Waals surface area (Å²) in [6.07, 6.45) is 1.92. The Balaban J connectivity index is 1.61. The number of hydrogen-bond acceptors (Lipinski definition) is 5. The van der Waals surface area contributed by atoms with E-state index in [0.717, 1.165) is 12.8 Å². The highest BCUT2D eigenvalue weighted by Gasteiger charge is 2.45. The number of methoxy groups -OCH3 is 1. The van der Waals surface area contributed by atoms with Gasteiger partial charge in [-0.2, -0.15) is 0 Å². The highest BCUT2D eigenvalue weighted by Crippen LogP contribution is 2.33. The Hall–Kier alpha value is -2.12. The maximum Gasteiger partial charge on any atom is 0.273 e. The molecule has 1 spiro atoms. The number of amides is 2. The number of carbonyl (C=O) groups excluding carboxylic acids is 2. The lowest BCUT2D eigenvalue weighted by Crippen LogP contribution is -2.51. The van der Waals surface area contributed by atoms with Gasteiger partial charge in [-0.1, -0.05) is 22.8 Å². The van der Waals surface area contributed by atoms with E-state index >= 15 is 0 Å². The van der Waals surface area contributed by atoms with Gasteiger partial charge in [0.05, 0.1) is 6.54 Å². The van der Waals surface area contributed by atoms with Crippen molar-refractivity contribution in [1.82, 2.24) is 4.90 Å². The van der Waals surface area contributed by atoms with Crippen molar-refractivity contribution in [3.05, 3.63) is 29.3 Å². The maximum atomic E-state index is 12.4. The van der Waals surface area contributed by atoms with Crippen LogP contribution in [0.25, 0.3) is 0 Å². The fourth-order valence-electron chi connectivity index (χ4n) is 3.16. The Kier molecular flexibility index (Phi) is 5.24. The molecule has 0 aliphatic carbocycles. The Morgan fingerprint density at radius 2 is 2.32 bits per heavy atom. The zero-order chi connectivity index (χ0) is 17.9. The van der Waals surface area contributed by atoms with E-state index in [0.29, 0.717) is 35.9 Å². The van der Waals surface area contributed by atoms with Gasteiger partial charge in [-0.25, -0.2) is 0 Å². The van der Waals surface area contributed by atoms with Crippen LogP contribution in [-0.4, -0.2) is 54.8 Å². The van der Waals surface area contributed by atoms with Crippen molar-refractivity contribution in [2.75, 3.05) is 32.1 Å². The van der Waals surface area contributed by atoms with Gasteiger partial charge in [0.2, 0.25) is 5.91 Å². The van der Waals surface area contributed by atoms with Gasteiger partial charge < -0.3 is 19.8 Å². The molecule has 0 bridgehead atoms. The van der Waals surface area contributed by atoms with Gasteiger partial charge in [0, 0.05) is 30.8 Å². The molecule has 0 saturated carbocycles.